The third-order valence-electron chi connectivity index (χ3n) is 2.27. The summed E-state index contributed by atoms with van der Waals surface area (Å²) in [6, 6.07) is 8.28. The predicted octanol–water partition coefficient (Wildman–Crippen LogP) is 2.38. The van der Waals surface area contributed by atoms with Crippen LogP contribution in [0.5, 0.6) is 5.75 Å². The molecule has 0 aliphatic carbocycles. The van der Waals surface area contributed by atoms with E-state index in [9.17, 15) is 5.11 Å². The molecule has 0 bridgehead atoms. The topological polar surface area (TPSA) is 85.4 Å². The zero-order valence-corrected chi connectivity index (χ0v) is 8.18. The van der Waals surface area contributed by atoms with Crippen molar-refractivity contribution in [2.24, 2.45) is 0 Å². The van der Waals surface area contributed by atoms with E-state index in [1.807, 2.05) is 0 Å². The van der Waals surface area contributed by atoms with Crippen LogP contribution in [0, 0.1) is 0 Å². The summed E-state index contributed by atoms with van der Waals surface area (Å²) in [7, 11) is 0. The number of phenolic OH excluding ortho intramolecular Hbond substituents is 1. The molecule has 0 unspecified atom stereocenters. The Balaban J connectivity index is 2.18. The van der Waals surface area contributed by atoms with Crippen molar-refractivity contribution in [3.8, 4) is 17.3 Å². The van der Waals surface area contributed by atoms with Crippen LogP contribution in [0.1, 0.15) is 0 Å². The Hall–Kier alpha value is -2.43. The Morgan fingerprint density at radius 2 is 2.00 bits per heavy atom. The van der Waals surface area contributed by atoms with Crippen molar-refractivity contribution in [2.45, 2.75) is 0 Å². The van der Waals surface area contributed by atoms with Gasteiger partial charge in [0.05, 0.1) is 0 Å². The first kappa shape index (κ1) is 8.84. The second kappa shape index (κ2) is 3.03. The first-order chi connectivity index (χ1) is 7.72. The minimum absolute atomic E-state index is 0.158. The lowest BCUT2D eigenvalue weighted by molar-refractivity contribution is 0.423. The fourth-order valence-corrected chi connectivity index (χ4v) is 1.55. The van der Waals surface area contributed by atoms with Gasteiger partial charge in [0.15, 0.2) is 11.6 Å². The van der Waals surface area contributed by atoms with Crippen molar-refractivity contribution in [1.82, 2.24) is 5.16 Å². The molecule has 3 rings (SSSR count). The highest BCUT2D eigenvalue weighted by Gasteiger charge is 2.11. The summed E-state index contributed by atoms with van der Waals surface area (Å²) in [5.74, 6) is 1.46. The van der Waals surface area contributed by atoms with Gasteiger partial charge in [0.25, 0.3) is 0 Å². The number of aromatic hydroxyl groups is 1. The summed E-state index contributed by atoms with van der Waals surface area (Å²) in [5.41, 5.74) is 6.04. The van der Waals surface area contributed by atoms with Gasteiger partial charge in [-0.2, -0.15) is 0 Å². The molecule has 3 N–H and O–H groups in total. The Bertz CT molecular complexity index is 654. The number of benzene rings is 1. The molecular formula is C11H8N2O3. The van der Waals surface area contributed by atoms with E-state index >= 15 is 0 Å². The number of fused-ring (bicyclic) bond motifs is 1. The number of hydrogen-bond donors (Lipinski definition) is 2. The predicted molar refractivity (Wildman–Crippen MR) is 57.8 cm³/mol. The molecule has 3 aromatic rings. The van der Waals surface area contributed by atoms with Crippen molar-refractivity contribution >= 4 is 16.8 Å². The molecule has 1 aromatic carbocycles. The number of rotatable bonds is 1. The molecule has 0 radical (unpaired) electrons. The lowest BCUT2D eigenvalue weighted by atomic mass is 10.2. The van der Waals surface area contributed by atoms with Crippen molar-refractivity contribution in [3.63, 3.8) is 0 Å². The number of furan rings is 1. The van der Waals surface area contributed by atoms with E-state index < -0.39 is 0 Å². The van der Waals surface area contributed by atoms with Crippen LogP contribution in [0.3, 0.4) is 0 Å². The summed E-state index contributed by atoms with van der Waals surface area (Å²) >= 11 is 0. The largest absolute Gasteiger partial charge is 0.508 e. The first-order valence-corrected chi connectivity index (χ1v) is 4.67. The molecule has 2 aromatic heterocycles. The molecule has 16 heavy (non-hydrogen) atoms. The molecule has 0 atom stereocenters. The molecule has 0 aliphatic rings. The standard InChI is InChI=1S/C11H8N2O3/c12-11-5-10(16-13-11)9-3-6-1-2-7(14)4-8(6)15-9/h1-5,14H,(H2,12,13). The van der Waals surface area contributed by atoms with Gasteiger partial charge in [-0.05, 0) is 18.2 Å². The normalized spacial score (nSPS) is 11.0. The van der Waals surface area contributed by atoms with E-state index in [0.717, 1.165) is 5.39 Å². The van der Waals surface area contributed by atoms with Crippen LogP contribution in [0.4, 0.5) is 5.82 Å². The summed E-state index contributed by atoms with van der Waals surface area (Å²) in [5, 5.41) is 13.8. The lowest BCUT2D eigenvalue weighted by Crippen LogP contribution is -1.79. The second-order valence-corrected chi connectivity index (χ2v) is 3.45. The van der Waals surface area contributed by atoms with E-state index in [1.54, 1.807) is 30.3 Å². The molecule has 5 nitrogen and oxygen atoms in total. The minimum Gasteiger partial charge on any atom is -0.508 e. The average Bonchev–Trinajstić information content (AvgIpc) is 2.83. The Kier molecular flexibility index (Phi) is 1.67. The van der Waals surface area contributed by atoms with Crippen LogP contribution >= 0.6 is 0 Å². The maximum absolute atomic E-state index is 9.30. The highest BCUT2D eigenvalue weighted by Crippen LogP contribution is 2.30. The van der Waals surface area contributed by atoms with Gasteiger partial charge in [-0.3, -0.25) is 0 Å². The molecule has 2 heterocycles. The van der Waals surface area contributed by atoms with Gasteiger partial charge in [-0.1, -0.05) is 5.16 Å². The summed E-state index contributed by atoms with van der Waals surface area (Å²) in [4.78, 5) is 0. The molecule has 5 heteroatoms. The number of nitrogens with zero attached hydrogens (tertiary/aromatic N) is 1. The van der Waals surface area contributed by atoms with Crippen LogP contribution in [0.2, 0.25) is 0 Å². The van der Waals surface area contributed by atoms with E-state index in [1.165, 1.54) is 0 Å². The lowest BCUT2D eigenvalue weighted by Gasteiger charge is -1.89. The quantitative estimate of drug-likeness (QED) is 0.652. The van der Waals surface area contributed by atoms with Crippen molar-refractivity contribution in [3.05, 3.63) is 30.3 Å². The fourth-order valence-electron chi connectivity index (χ4n) is 1.55. The molecule has 0 saturated heterocycles. The highest BCUT2D eigenvalue weighted by atomic mass is 16.5. The van der Waals surface area contributed by atoms with E-state index in [0.29, 0.717) is 22.9 Å². The average molecular weight is 216 g/mol. The van der Waals surface area contributed by atoms with Gasteiger partial charge >= 0.3 is 0 Å². The van der Waals surface area contributed by atoms with Crippen LogP contribution in [0.15, 0.2) is 39.3 Å². The minimum atomic E-state index is 0.158. The Morgan fingerprint density at radius 1 is 1.12 bits per heavy atom. The Labute approximate surface area is 90.1 Å². The van der Waals surface area contributed by atoms with Gasteiger partial charge in [0, 0.05) is 17.5 Å². The number of nitrogens with two attached hydrogens (primary N) is 1. The molecule has 0 saturated carbocycles. The third kappa shape index (κ3) is 1.30. The Morgan fingerprint density at radius 3 is 2.75 bits per heavy atom. The monoisotopic (exact) mass is 216 g/mol. The summed E-state index contributed by atoms with van der Waals surface area (Å²) in [6.45, 7) is 0. The zero-order valence-electron chi connectivity index (χ0n) is 8.18. The molecule has 0 spiro atoms. The van der Waals surface area contributed by atoms with E-state index in [-0.39, 0.29) is 5.75 Å². The maximum Gasteiger partial charge on any atom is 0.204 e. The molecule has 0 aliphatic heterocycles. The van der Waals surface area contributed by atoms with Crippen molar-refractivity contribution in [1.29, 1.82) is 0 Å². The number of hydrogen-bond acceptors (Lipinski definition) is 5. The second-order valence-electron chi connectivity index (χ2n) is 3.45. The highest BCUT2D eigenvalue weighted by molar-refractivity contribution is 5.83. The van der Waals surface area contributed by atoms with Gasteiger partial charge < -0.3 is 19.8 Å². The number of aromatic nitrogens is 1. The molecule has 0 amide bonds. The summed E-state index contributed by atoms with van der Waals surface area (Å²) < 4.78 is 10.5. The summed E-state index contributed by atoms with van der Waals surface area (Å²) in [6.07, 6.45) is 0. The van der Waals surface area contributed by atoms with Crippen LogP contribution < -0.4 is 5.73 Å². The SMILES string of the molecule is Nc1cc(-c2cc3ccc(O)cc3o2)on1. The number of nitrogen functional groups attached to an aromatic ring is 1. The van der Waals surface area contributed by atoms with Crippen molar-refractivity contribution in [2.75, 3.05) is 5.73 Å². The van der Waals surface area contributed by atoms with Gasteiger partial charge in [0.1, 0.15) is 11.3 Å². The fraction of sp³-hybridized carbons (Fsp3) is 0. The van der Waals surface area contributed by atoms with Crippen LogP contribution in [-0.4, -0.2) is 10.3 Å². The van der Waals surface area contributed by atoms with Crippen molar-refractivity contribution < 1.29 is 14.0 Å². The first-order valence-electron chi connectivity index (χ1n) is 4.67. The maximum atomic E-state index is 9.30. The third-order valence-corrected chi connectivity index (χ3v) is 2.27. The van der Waals surface area contributed by atoms with Gasteiger partial charge in [-0.15, -0.1) is 0 Å². The molecular weight excluding hydrogens is 208 g/mol. The van der Waals surface area contributed by atoms with Gasteiger partial charge in [0.2, 0.25) is 5.76 Å². The van der Waals surface area contributed by atoms with E-state index in [4.69, 9.17) is 14.7 Å². The number of phenols is 1. The molecule has 0 fully saturated rings. The van der Waals surface area contributed by atoms with Crippen LogP contribution in [-0.2, 0) is 0 Å². The van der Waals surface area contributed by atoms with Gasteiger partial charge in [-0.25, -0.2) is 0 Å². The molecule has 80 valence electrons. The van der Waals surface area contributed by atoms with Crippen LogP contribution in [0.25, 0.3) is 22.5 Å². The number of anilines is 1. The van der Waals surface area contributed by atoms with E-state index in [2.05, 4.69) is 5.16 Å². The smallest absolute Gasteiger partial charge is 0.204 e. The zero-order chi connectivity index (χ0) is 11.1.